The van der Waals surface area contributed by atoms with Crippen molar-refractivity contribution in [2.75, 3.05) is 4.72 Å². The van der Waals surface area contributed by atoms with E-state index in [1.54, 1.807) is 18.2 Å². The summed E-state index contributed by atoms with van der Waals surface area (Å²) in [6.45, 7) is 1.90. The predicted molar refractivity (Wildman–Crippen MR) is 60.6 cm³/mol. The number of H-pyrrole nitrogens is 1. The maximum Gasteiger partial charge on any atom is 0.278 e. The number of aromatic nitrogens is 2. The Morgan fingerprint density at radius 1 is 1.38 bits per heavy atom. The number of rotatable bonds is 3. The fourth-order valence-electron chi connectivity index (χ4n) is 1.31. The van der Waals surface area contributed by atoms with E-state index < -0.39 is 10.0 Å². The fraction of sp³-hybridized carbons (Fsp3) is 0.100. The van der Waals surface area contributed by atoms with Gasteiger partial charge < -0.3 is 4.98 Å². The Bertz CT molecular complexity index is 576. The number of anilines is 1. The van der Waals surface area contributed by atoms with Gasteiger partial charge in [-0.15, -0.1) is 0 Å². The van der Waals surface area contributed by atoms with E-state index in [9.17, 15) is 8.42 Å². The van der Waals surface area contributed by atoms with Crippen LogP contribution in [-0.2, 0) is 10.0 Å². The van der Waals surface area contributed by atoms with E-state index in [0.717, 1.165) is 5.56 Å². The molecule has 0 fully saturated rings. The van der Waals surface area contributed by atoms with E-state index >= 15 is 0 Å². The van der Waals surface area contributed by atoms with Crippen LogP contribution in [0.5, 0.6) is 0 Å². The molecule has 2 N–H and O–H groups in total. The van der Waals surface area contributed by atoms with E-state index in [1.165, 1.54) is 12.5 Å². The highest BCUT2D eigenvalue weighted by atomic mass is 32.2. The van der Waals surface area contributed by atoms with Crippen LogP contribution in [0, 0.1) is 6.92 Å². The molecule has 2 rings (SSSR count). The van der Waals surface area contributed by atoms with Crippen LogP contribution in [0.15, 0.2) is 41.8 Å². The average molecular weight is 237 g/mol. The summed E-state index contributed by atoms with van der Waals surface area (Å²) in [4.78, 5) is 6.22. The summed E-state index contributed by atoms with van der Waals surface area (Å²) in [5.41, 5.74) is 1.53. The van der Waals surface area contributed by atoms with Crippen LogP contribution in [0.2, 0.25) is 0 Å². The highest BCUT2D eigenvalue weighted by Gasteiger charge is 2.15. The molecule has 0 radical (unpaired) electrons. The molecule has 0 spiro atoms. The maximum atomic E-state index is 11.8. The topological polar surface area (TPSA) is 74.8 Å². The normalized spacial score (nSPS) is 11.3. The van der Waals surface area contributed by atoms with E-state index in [1.807, 2.05) is 13.0 Å². The molecule has 0 aliphatic heterocycles. The van der Waals surface area contributed by atoms with Crippen LogP contribution in [0.4, 0.5) is 5.69 Å². The molecule has 1 heterocycles. The summed E-state index contributed by atoms with van der Waals surface area (Å²) in [5.74, 6) is 0. The Kier molecular flexibility index (Phi) is 2.66. The number of benzene rings is 1. The summed E-state index contributed by atoms with van der Waals surface area (Å²) in [6.07, 6.45) is 2.59. The van der Waals surface area contributed by atoms with Gasteiger partial charge >= 0.3 is 0 Å². The van der Waals surface area contributed by atoms with Crippen LogP contribution in [-0.4, -0.2) is 18.4 Å². The number of nitrogens with one attached hydrogen (secondary N) is 2. The van der Waals surface area contributed by atoms with Gasteiger partial charge in [0.1, 0.15) is 0 Å². The first-order valence-corrected chi connectivity index (χ1v) is 6.14. The number of hydrogen-bond acceptors (Lipinski definition) is 3. The summed E-state index contributed by atoms with van der Waals surface area (Å²) < 4.78 is 26.0. The average Bonchev–Trinajstić information content (AvgIpc) is 2.69. The van der Waals surface area contributed by atoms with Gasteiger partial charge in [0.2, 0.25) is 0 Å². The molecule has 0 unspecified atom stereocenters. The Morgan fingerprint density at radius 2 is 2.19 bits per heavy atom. The smallest absolute Gasteiger partial charge is 0.278 e. The lowest BCUT2D eigenvalue weighted by Gasteiger charge is -2.06. The first kappa shape index (κ1) is 10.7. The number of hydrogen-bond donors (Lipinski definition) is 2. The van der Waals surface area contributed by atoms with E-state index in [0.29, 0.717) is 5.69 Å². The lowest BCUT2D eigenvalue weighted by atomic mass is 10.2. The molecule has 0 saturated carbocycles. The van der Waals surface area contributed by atoms with Crippen molar-refractivity contribution in [3.63, 3.8) is 0 Å². The zero-order chi connectivity index (χ0) is 11.6. The third-order valence-corrected chi connectivity index (χ3v) is 3.34. The van der Waals surface area contributed by atoms with E-state index in [-0.39, 0.29) is 5.03 Å². The van der Waals surface area contributed by atoms with Gasteiger partial charge in [-0.3, -0.25) is 4.72 Å². The molecule has 1 aromatic carbocycles. The molecular formula is C10H11N3O2S. The molecule has 0 atom stereocenters. The van der Waals surface area contributed by atoms with Crippen molar-refractivity contribution in [1.82, 2.24) is 9.97 Å². The lowest BCUT2D eigenvalue weighted by molar-refractivity contribution is 0.598. The quantitative estimate of drug-likeness (QED) is 0.849. The van der Waals surface area contributed by atoms with Crippen LogP contribution >= 0.6 is 0 Å². The van der Waals surface area contributed by atoms with E-state index in [4.69, 9.17) is 0 Å². The van der Waals surface area contributed by atoms with Crippen molar-refractivity contribution in [1.29, 1.82) is 0 Å². The zero-order valence-corrected chi connectivity index (χ0v) is 9.45. The monoisotopic (exact) mass is 237 g/mol. The third kappa shape index (κ3) is 2.22. The van der Waals surface area contributed by atoms with Crippen LogP contribution in [0.3, 0.4) is 0 Å². The molecular weight excluding hydrogens is 226 g/mol. The Balaban J connectivity index is 2.29. The summed E-state index contributed by atoms with van der Waals surface area (Å²) in [7, 11) is -3.55. The number of nitrogens with zero attached hydrogens (tertiary/aromatic N) is 1. The predicted octanol–water partition coefficient (Wildman–Crippen LogP) is 1.52. The Hall–Kier alpha value is -1.82. The lowest BCUT2D eigenvalue weighted by Crippen LogP contribution is -2.13. The number of imidazole rings is 1. The minimum atomic E-state index is -3.55. The second-order valence-electron chi connectivity index (χ2n) is 3.39. The van der Waals surface area contributed by atoms with Gasteiger partial charge in [-0.25, -0.2) is 4.98 Å². The minimum Gasteiger partial charge on any atom is -0.334 e. The van der Waals surface area contributed by atoms with Gasteiger partial charge in [0.15, 0.2) is 5.03 Å². The molecule has 16 heavy (non-hydrogen) atoms. The largest absolute Gasteiger partial charge is 0.334 e. The maximum absolute atomic E-state index is 11.8. The third-order valence-electron chi connectivity index (χ3n) is 2.03. The molecule has 5 nitrogen and oxygen atoms in total. The highest BCUT2D eigenvalue weighted by molar-refractivity contribution is 7.92. The molecule has 2 aromatic rings. The molecule has 6 heteroatoms. The molecule has 84 valence electrons. The van der Waals surface area contributed by atoms with Gasteiger partial charge in [-0.05, 0) is 24.6 Å². The SMILES string of the molecule is Cc1cccc(NS(=O)(=O)c2cnc[nH]2)c1. The van der Waals surface area contributed by atoms with Crippen LogP contribution in [0.25, 0.3) is 0 Å². The number of aromatic amines is 1. The number of sulfonamides is 1. The summed E-state index contributed by atoms with van der Waals surface area (Å²) in [6, 6.07) is 7.14. The Labute approximate surface area is 93.6 Å². The van der Waals surface area contributed by atoms with Gasteiger partial charge in [0, 0.05) is 5.69 Å². The molecule has 0 aliphatic carbocycles. The fourth-order valence-corrected chi connectivity index (χ4v) is 2.26. The van der Waals surface area contributed by atoms with Crippen molar-refractivity contribution >= 4 is 15.7 Å². The highest BCUT2D eigenvalue weighted by Crippen LogP contribution is 2.14. The molecule has 0 bridgehead atoms. The zero-order valence-electron chi connectivity index (χ0n) is 8.64. The number of aryl methyl sites for hydroxylation is 1. The summed E-state index contributed by atoms with van der Waals surface area (Å²) >= 11 is 0. The van der Waals surface area contributed by atoms with Gasteiger partial charge in [0.25, 0.3) is 10.0 Å². The van der Waals surface area contributed by atoms with Gasteiger partial charge in [0.05, 0.1) is 12.5 Å². The summed E-state index contributed by atoms with van der Waals surface area (Å²) in [5, 5.41) is 0.0500. The second kappa shape index (κ2) is 3.97. The molecule has 0 aliphatic rings. The van der Waals surface area contributed by atoms with Gasteiger partial charge in [-0.2, -0.15) is 8.42 Å². The van der Waals surface area contributed by atoms with Crippen molar-refractivity contribution in [2.45, 2.75) is 11.9 Å². The Morgan fingerprint density at radius 3 is 2.81 bits per heavy atom. The van der Waals surface area contributed by atoms with Crippen molar-refractivity contribution < 1.29 is 8.42 Å². The molecule has 0 amide bonds. The van der Waals surface area contributed by atoms with Crippen LogP contribution in [0.1, 0.15) is 5.56 Å². The van der Waals surface area contributed by atoms with Crippen LogP contribution < -0.4 is 4.72 Å². The van der Waals surface area contributed by atoms with Crippen molar-refractivity contribution in [3.8, 4) is 0 Å². The molecule has 0 saturated heterocycles. The second-order valence-corrected chi connectivity index (χ2v) is 5.04. The minimum absolute atomic E-state index is 0.0500. The molecule has 1 aromatic heterocycles. The van der Waals surface area contributed by atoms with Gasteiger partial charge in [-0.1, -0.05) is 12.1 Å². The first-order chi connectivity index (χ1) is 7.58. The standard InChI is InChI=1S/C10H11N3O2S/c1-8-3-2-4-9(5-8)13-16(14,15)10-6-11-7-12-10/h2-7,13H,1H3,(H,11,12). The van der Waals surface area contributed by atoms with Crippen molar-refractivity contribution in [3.05, 3.63) is 42.4 Å². The van der Waals surface area contributed by atoms with Crippen molar-refractivity contribution in [2.24, 2.45) is 0 Å². The van der Waals surface area contributed by atoms with E-state index in [2.05, 4.69) is 14.7 Å². The first-order valence-electron chi connectivity index (χ1n) is 4.66.